The van der Waals surface area contributed by atoms with Crippen LogP contribution in [0.25, 0.3) is 0 Å². The number of hydrogen-bond donors (Lipinski definition) is 0. The van der Waals surface area contributed by atoms with Gasteiger partial charge in [-0.05, 0) is 23.8 Å². The molecule has 0 saturated heterocycles. The molecular weight excluding hydrogens is 228 g/mol. The lowest BCUT2D eigenvalue weighted by molar-refractivity contribution is 0.0523. The fraction of sp³-hybridized carbons (Fsp3) is 0.333. The molecule has 0 bridgehead atoms. The van der Waals surface area contributed by atoms with Gasteiger partial charge in [0.2, 0.25) is 0 Å². The van der Waals surface area contributed by atoms with Gasteiger partial charge >= 0.3 is 0 Å². The summed E-state index contributed by atoms with van der Waals surface area (Å²) in [5, 5.41) is 0. The van der Waals surface area contributed by atoms with E-state index in [0.29, 0.717) is 6.61 Å². The van der Waals surface area contributed by atoms with Crippen LogP contribution in [0, 0.1) is 0 Å². The second kappa shape index (κ2) is 6.26. The molecule has 1 atom stereocenters. The van der Waals surface area contributed by atoms with Crippen molar-refractivity contribution in [2.24, 2.45) is 0 Å². The zero-order chi connectivity index (χ0) is 12.8. The predicted octanol–water partition coefficient (Wildman–Crippen LogP) is 3.24. The Balaban J connectivity index is 2.18. The van der Waals surface area contributed by atoms with Crippen molar-refractivity contribution in [2.75, 3.05) is 20.3 Å². The van der Waals surface area contributed by atoms with Gasteiger partial charge in [0.1, 0.15) is 17.6 Å². The van der Waals surface area contributed by atoms with Gasteiger partial charge in [0.05, 0.1) is 20.3 Å². The molecule has 3 nitrogen and oxygen atoms in total. The van der Waals surface area contributed by atoms with Crippen molar-refractivity contribution in [2.45, 2.75) is 12.5 Å². The van der Waals surface area contributed by atoms with Gasteiger partial charge in [-0.1, -0.05) is 18.2 Å². The van der Waals surface area contributed by atoms with Crippen LogP contribution in [0.15, 0.2) is 48.8 Å². The summed E-state index contributed by atoms with van der Waals surface area (Å²) in [6.07, 6.45) is 4.61. The largest absolute Gasteiger partial charge is 0.497 e. The van der Waals surface area contributed by atoms with Gasteiger partial charge < -0.3 is 14.2 Å². The lowest BCUT2D eigenvalue weighted by Gasteiger charge is -2.19. The van der Waals surface area contributed by atoms with Crippen molar-refractivity contribution >= 4 is 0 Å². The summed E-state index contributed by atoms with van der Waals surface area (Å²) in [6, 6.07) is 7.84. The Labute approximate surface area is 108 Å². The average Bonchev–Trinajstić information content (AvgIpc) is 2.94. The van der Waals surface area contributed by atoms with Crippen molar-refractivity contribution in [3.63, 3.8) is 0 Å². The Morgan fingerprint density at radius 2 is 2.17 bits per heavy atom. The summed E-state index contributed by atoms with van der Waals surface area (Å²) in [5.74, 6) is 1.73. The molecule has 0 saturated carbocycles. The smallest absolute Gasteiger partial charge is 0.140 e. The van der Waals surface area contributed by atoms with Crippen molar-refractivity contribution in [3.05, 3.63) is 54.3 Å². The first-order valence-corrected chi connectivity index (χ1v) is 6.04. The van der Waals surface area contributed by atoms with Crippen LogP contribution in [0.3, 0.4) is 0 Å². The van der Waals surface area contributed by atoms with Gasteiger partial charge in [-0.2, -0.15) is 0 Å². The normalized spacial score (nSPS) is 15.7. The summed E-state index contributed by atoms with van der Waals surface area (Å²) in [6.45, 7) is 4.91. The van der Waals surface area contributed by atoms with Crippen LogP contribution in [-0.2, 0) is 9.47 Å². The molecule has 1 aliphatic rings. The number of ether oxygens (including phenoxy) is 3. The van der Waals surface area contributed by atoms with Gasteiger partial charge in [-0.15, -0.1) is 6.58 Å². The van der Waals surface area contributed by atoms with Gasteiger partial charge in [-0.25, -0.2) is 0 Å². The van der Waals surface area contributed by atoms with Gasteiger partial charge in [0, 0.05) is 6.42 Å². The maximum Gasteiger partial charge on any atom is 0.140 e. The van der Waals surface area contributed by atoms with Crippen LogP contribution < -0.4 is 4.74 Å². The molecule has 96 valence electrons. The summed E-state index contributed by atoms with van der Waals surface area (Å²) in [7, 11) is 1.66. The van der Waals surface area contributed by atoms with E-state index in [4.69, 9.17) is 14.2 Å². The van der Waals surface area contributed by atoms with Crippen molar-refractivity contribution in [1.82, 2.24) is 0 Å². The Morgan fingerprint density at radius 3 is 2.72 bits per heavy atom. The minimum atomic E-state index is -0.156. The molecule has 1 heterocycles. The van der Waals surface area contributed by atoms with E-state index in [0.717, 1.165) is 30.1 Å². The Hall–Kier alpha value is -1.74. The van der Waals surface area contributed by atoms with Crippen LogP contribution in [0.5, 0.6) is 5.75 Å². The van der Waals surface area contributed by atoms with E-state index in [-0.39, 0.29) is 6.10 Å². The SMILES string of the molecule is C=CCOC(C1=CCCO1)c1ccc(OC)cc1. The van der Waals surface area contributed by atoms with Crippen LogP contribution >= 0.6 is 0 Å². The van der Waals surface area contributed by atoms with E-state index in [1.165, 1.54) is 0 Å². The summed E-state index contributed by atoms with van der Waals surface area (Å²) < 4.78 is 16.5. The van der Waals surface area contributed by atoms with Crippen molar-refractivity contribution in [3.8, 4) is 5.75 Å². The molecular formula is C15H18O3. The van der Waals surface area contributed by atoms with E-state index in [9.17, 15) is 0 Å². The molecule has 0 amide bonds. The predicted molar refractivity (Wildman–Crippen MR) is 70.5 cm³/mol. The van der Waals surface area contributed by atoms with Crippen LogP contribution in [-0.4, -0.2) is 20.3 Å². The molecule has 0 fully saturated rings. The maximum atomic E-state index is 5.78. The molecule has 1 aliphatic heterocycles. The quantitative estimate of drug-likeness (QED) is 0.721. The van der Waals surface area contributed by atoms with Crippen LogP contribution in [0.4, 0.5) is 0 Å². The Morgan fingerprint density at radius 1 is 1.39 bits per heavy atom. The van der Waals surface area contributed by atoms with Gasteiger partial charge in [0.15, 0.2) is 0 Å². The maximum absolute atomic E-state index is 5.78. The molecule has 0 N–H and O–H groups in total. The fourth-order valence-corrected chi connectivity index (χ4v) is 1.91. The van der Waals surface area contributed by atoms with E-state index in [1.807, 2.05) is 24.3 Å². The first-order valence-electron chi connectivity index (χ1n) is 6.04. The zero-order valence-corrected chi connectivity index (χ0v) is 10.6. The lowest BCUT2D eigenvalue weighted by atomic mass is 10.1. The topological polar surface area (TPSA) is 27.7 Å². The van der Waals surface area contributed by atoms with Crippen molar-refractivity contribution in [1.29, 1.82) is 0 Å². The second-order valence-corrected chi connectivity index (χ2v) is 4.02. The fourth-order valence-electron chi connectivity index (χ4n) is 1.91. The molecule has 0 spiro atoms. The van der Waals surface area contributed by atoms with E-state index < -0.39 is 0 Å². The molecule has 0 radical (unpaired) electrons. The molecule has 0 aliphatic carbocycles. The number of rotatable bonds is 6. The van der Waals surface area contributed by atoms with E-state index in [2.05, 4.69) is 12.7 Å². The molecule has 18 heavy (non-hydrogen) atoms. The van der Waals surface area contributed by atoms with Crippen LogP contribution in [0.2, 0.25) is 0 Å². The third-order valence-corrected chi connectivity index (χ3v) is 2.79. The standard InChI is InChI=1S/C15H18O3/c1-3-10-18-15(14-5-4-11-17-14)12-6-8-13(16-2)9-7-12/h3,5-9,15H,1,4,10-11H2,2H3. The monoisotopic (exact) mass is 246 g/mol. The molecule has 3 heteroatoms. The Bertz CT molecular complexity index is 420. The first kappa shape index (κ1) is 12.7. The highest BCUT2D eigenvalue weighted by atomic mass is 16.5. The molecule has 1 unspecified atom stereocenters. The summed E-state index contributed by atoms with van der Waals surface area (Å²) in [4.78, 5) is 0. The zero-order valence-electron chi connectivity index (χ0n) is 10.6. The Kier molecular flexibility index (Phi) is 4.42. The number of benzene rings is 1. The number of hydrogen-bond acceptors (Lipinski definition) is 3. The highest BCUT2D eigenvalue weighted by Gasteiger charge is 2.21. The third kappa shape index (κ3) is 2.93. The number of methoxy groups -OCH3 is 1. The highest BCUT2D eigenvalue weighted by molar-refractivity contribution is 5.31. The third-order valence-electron chi connectivity index (χ3n) is 2.79. The minimum Gasteiger partial charge on any atom is -0.497 e. The lowest BCUT2D eigenvalue weighted by Crippen LogP contribution is -2.08. The highest BCUT2D eigenvalue weighted by Crippen LogP contribution is 2.30. The average molecular weight is 246 g/mol. The second-order valence-electron chi connectivity index (χ2n) is 4.02. The minimum absolute atomic E-state index is 0.156. The molecule has 2 rings (SSSR count). The van der Waals surface area contributed by atoms with E-state index in [1.54, 1.807) is 13.2 Å². The van der Waals surface area contributed by atoms with Gasteiger partial charge in [0.25, 0.3) is 0 Å². The van der Waals surface area contributed by atoms with Crippen LogP contribution in [0.1, 0.15) is 18.1 Å². The van der Waals surface area contributed by atoms with Crippen molar-refractivity contribution < 1.29 is 14.2 Å². The molecule has 1 aromatic rings. The summed E-state index contributed by atoms with van der Waals surface area (Å²) >= 11 is 0. The van der Waals surface area contributed by atoms with E-state index >= 15 is 0 Å². The molecule has 1 aromatic carbocycles. The molecule has 0 aromatic heterocycles. The summed E-state index contributed by atoms with van der Waals surface area (Å²) in [5.41, 5.74) is 1.06. The van der Waals surface area contributed by atoms with Gasteiger partial charge in [-0.3, -0.25) is 0 Å². The first-order chi connectivity index (χ1) is 8.85.